The van der Waals surface area contributed by atoms with E-state index in [0.29, 0.717) is 17.9 Å². The van der Waals surface area contributed by atoms with E-state index in [-0.39, 0.29) is 23.2 Å². The van der Waals surface area contributed by atoms with E-state index in [1.807, 2.05) is 13.8 Å². The highest BCUT2D eigenvalue weighted by atomic mass is 16.2. The lowest BCUT2D eigenvalue weighted by atomic mass is 10.2. The molecule has 1 N–H and O–H groups in total. The largest absolute Gasteiger partial charge is 0.321 e. The number of hydrogen-bond acceptors (Lipinski definition) is 6. The van der Waals surface area contributed by atoms with Gasteiger partial charge in [0.15, 0.2) is 0 Å². The molecule has 0 aliphatic heterocycles. The number of carbonyl (C=O) groups is 2. The molecule has 2 aromatic heterocycles. The minimum Gasteiger partial charge on any atom is -0.321 e. The highest BCUT2D eigenvalue weighted by molar-refractivity contribution is 6.06. The van der Waals surface area contributed by atoms with E-state index >= 15 is 0 Å². The van der Waals surface area contributed by atoms with Crippen LogP contribution in [0.15, 0.2) is 49.1 Å². The molecule has 8 nitrogen and oxygen atoms in total. The smallest absolute Gasteiger partial charge is 0.278 e. The second-order valence-corrected chi connectivity index (χ2v) is 6.14. The minimum absolute atomic E-state index is 0.217. The molecule has 1 aromatic carbocycles. The second kappa shape index (κ2) is 8.34. The minimum atomic E-state index is -0.372. The van der Waals surface area contributed by atoms with Crippen LogP contribution in [0.5, 0.6) is 0 Å². The molecule has 2 heterocycles. The Bertz CT molecular complexity index is 986. The van der Waals surface area contributed by atoms with Gasteiger partial charge < -0.3 is 10.2 Å². The summed E-state index contributed by atoms with van der Waals surface area (Å²) in [6.45, 7) is 5.91. The van der Waals surface area contributed by atoms with E-state index < -0.39 is 0 Å². The van der Waals surface area contributed by atoms with Crippen molar-refractivity contribution in [2.45, 2.75) is 20.8 Å². The van der Waals surface area contributed by atoms with Crippen molar-refractivity contribution in [1.29, 1.82) is 0 Å². The molecule has 0 saturated carbocycles. The van der Waals surface area contributed by atoms with Crippen LogP contribution < -0.4 is 10.2 Å². The van der Waals surface area contributed by atoms with Crippen molar-refractivity contribution in [2.75, 3.05) is 16.8 Å². The Morgan fingerprint density at radius 1 is 0.929 bits per heavy atom. The Morgan fingerprint density at radius 2 is 1.57 bits per heavy atom. The van der Waals surface area contributed by atoms with E-state index in [0.717, 1.165) is 11.4 Å². The summed E-state index contributed by atoms with van der Waals surface area (Å²) in [6.07, 6.45) is 5.97. The standard InChI is InChI=1S/C20H20N6O2/c1-4-26(20(28)18-12-22-14(3)10-24-18)16-7-5-6-15(8-16)25-19(27)17-11-21-13(2)9-23-17/h5-12H,4H2,1-3H3,(H,25,27). The van der Waals surface area contributed by atoms with Crippen LogP contribution in [0.2, 0.25) is 0 Å². The van der Waals surface area contributed by atoms with Crippen molar-refractivity contribution in [3.8, 4) is 0 Å². The summed E-state index contributed by atoms with van der Waals surface area (Å²) in [5, 5.41) is 2.78. The molecule has 3 aromatic rings. The topological polar surface area (TPSA) is 101 Å². The van der Waals surface area contributed by atoms with Crippen LogP contribution in [0.1, 0.15) is 39.3 Å². The molecule has 0 atom stereocenters. The molecule has 3 rings (SSSR count). The average molecular weight is 376 g/mol. The number of nitrogens with one attached hydrogen (secondary N) is 1. The zero-order valence-corrected chi connectivity index (χ0v) is 15.9. The van der Waals surface area contributed by atoms with Crippen molar-refractivity contribution < 1.29 is 9.59 Å². The van der Waals surface area contributed by atoms with Crippen LogP contribution in [-0.4, -0.2) is 38.3 Å². The van der Waals surface area contributed by atoms with Crippen molar-refractivity contribution in [1.82, 2.24) is 19.9 Å². The molecule has 0 bridgehead atoms. The van der Waals surface area contributed by atoms with Gasteiger partial charge in [-0.25, -0.2) is 9.97 Å². The Morgan fingerprint density at radius 3 is 2.14 bits per heavy atom. The molecule has 0 aliphatic rings. The van der Waals surface area contributed by atoms with Gasteiger partial charge in [-0.1, -0.05) is 6.07 Å². The molecule has 0 aliphatic carbocycles. The Labute approximate surface area is 162 Å². The quantitative estimate of drug-likeness (QED) is 0.735. The Kier molecular flexibility index (Phi) is 5.69. The van der Waals surface area contributed by atoms with E-state index in [4.69, 9.17) is 0 Å². The number of nitrogens with zero attached hydrogens (tertiary/aromatic N) is 5. The molecule has 0 spiro atoms. The number of anilines is 2. The summed E-state index contributed by atoms with van der Waals surface area (Å²) < 4.78 is 0. The maximum absolute atomic E-state index is 12.8. The molecule has 0 saturated heterocycles. The third-order valence-electron chi connectivity index (χ3n) is 3.99. The van der Waals surface area contributed by atoms with Gasteiger partial charge in [-0.3, -0.25) is 19.6 Å². The van der Waals surface area contributed by atoms with E-state index in [1.54, 1.807) is 42.3 Å². The van der Waals surface area contributed by atoms with Gasteiger partial charge in [-0.05, 0) is 39.0 Å². The van der Waals surface area contributed by atoms with E-state index in [2.05, 4.69) is 25.3 Å². The maximum atomic E-state index is 12.8. The first-order valence-corrected chi connectivity index (χ1v) is 8.78. The monoisotopic (exact) mass is 376 g/mol. The van der Waals surface area contributed by atoms with Gasteiger partial charge in [-0.2, -0.15) is 0 Å². The average Bonchev–Trinajstić information content (AvgIpc) is 2.70. The number of aromatic nitrogens is 4. The van der Waals surface area contributed by atoms with Crippen LogP contribution in [-0.2, 0) is 0 Å². The lowest BCUT2D eigenvalue weighted by Crippen LogP contribution is -2.31. The fourth-order valence-corrected chi connectivity index (χ4v) is 2.54. The summed E-state index contributed by atoms with van der Waals surface area (Å²) in [4.78, 5) is 43.1. The SMILES string of the molecule is CCN(C(=O)c1cnc(C)cn1)c1cccc(NC(=O)c2cnc(C)cn2)c1. The van der Waals surface area contributed by atoms with Crippen LogP contribution in [0.4, 0.5) is 11.4 Å². The molecule has 28 heavy (non-hydrogen) atoms. The van der Waals surface area contributed by atoms with Crippen molar-refractivity contribution in [3.63, 3.8) is 0 Å². The first-order valence-electron chi connectivity index (χ1n) is 8.78. The lowest BCUT2D eigenvalue weighted by Gasteiger charge is -2.21. The number of benzene rings is 1. The second-order valence-electron chi connectivity index (χ2n) is 6.14. The van der Waals surface area contributed by atoms with Gasteiger partial charge in [0.2, 0.25) is 0 Å². The van der Waals surface area contributed by atoms with E-state index in [1.165, 1.54) is 18.6 Å². The van der Waals surface area contributed by atoms with Gasteiger partial charge >= 0.3 is 0 Å². The zero-order chi connectivity index (χ0) is 20.1. The number of amides is 2. The zero-order valence-electron chi connectivity index (χ0n) is 15.9. The van der Waals surface area contributed by atoms with Crippen LogP contribution in [0.3, 0.4) is 0 Å². The van der Waals surface area contributed by atoms with Crippen molar-refractivity contribution >= 4 is 23.2 Å². The molecular formula is C20H20N6O2. The van der Waals surface area contributed by atoms with Crippen LogP contribution >= 0.6 is 0 Å². The molecule has 2 amide bonds. The molecular weight excluding hydrogens is 356 g/mol. The summed E-state index contributed by atoms with van der Waals surface area (Å²) in [5.74, 6) is -0.633. The van der Waals surface area contributed by atoms with Crippen molar-refractivity contribution in [3.05, 3.63) is 71.8 Å². The fourth-order valence-electron chi connectivity index (χ4n) is 2.54. The highest BCUT2D eigenvalue weighted by Crippen LogP contribution is 2.21. The fraction of sp³-hybridized carbons (Fsp3) is 0.200. The number of carbonyl (C=O) groups excluding carboxylic acids is 2. The third-order valence-corrected chi connectivity index (χ3v) is 3.99. The van der Waals surface area contributed by atoms with E-state index in [9.17, 15) is 9.59 Å². The first-order chi connectivity index (χ1) is 13.5. The summed E-state index contributed by atoms with van der Waals surface area (Å²) in [7, 11) is 0. The summed E-state index contributed by atoms with van der Waals surface area (Å²) in [5.41, 5.74) is 3.14. The van der Waals surface area contributed by atoms with Crippen molar-refractivity contribution in [2.24, 2.45) is 0 Å². The predicted octanol–water partition coefficient (Wildman–Crippen LogP) is 2.80. The number of hydrogen-bond donors (Lipinski definition) is 1. The van der Waals surface area contributed by atoms with Gasteiger partial charge in [0, 0.05) is 30.3 Å². The molecule has 0 unspecified atom stereocenters. The van der Waals surface area contributed by atoms with Crippen LogP contribution in [0, 0.1) is 13.8 Å². The molecule has 0 fully saturated rings. The highest BCUT2D eigenvalue weighted by Gasteiger charge is 2.18. The lowest BCUT2D eigenvalue weighted by molar-refractivity contribution is 0.0982. The Hall–Kier alpha value is -3.68. The Balaban J connectivity index is 1.80. The number of rotatable bonds is 5. The maximum Gasteiger partial charge on any atom is 0.278 e. The van der Waals surface area contributed by atoms with Crippen LogP contribution in [0.25, 0.3) is 0 Å². The molecule has 0 radical (unpaired) electrons. The van der Waals surface area contributed by atoms with Gasteiger partial charge in [0.05, 0.1) is 23.8 Å². The normalized spacial score (nSPS) is 10.4. The predicted molar refractivity (Wildman–Crippen MR) is 105 cm³/mol. The molecule has 8 heteroatoms. The van der Waals surface area contributed by atoms with Gasteiger partial charge in [0.25, 0.3) is 11.8 Å². The van der Waals surface area contributed by atoms with Gasteiger partial charge in [0.1, 0.15) is 11.4 Å². The van der Waals surface area contributed by atoms with Gasteiger partial charge in [-0.15, -0.1) is 0 Å². The summed E-state index contributed by atoms with van der Waals surface area (Å²) in [6, 6.07) is 7.03. The number of aryl methyl sites for hydroxylation is 2. The molecule has 142 valence electrons. The summed E-state index contributed by atoms with van der Waals surface area (Å²) >= 11 is 0. The third kappa shape index (κ3) is 4.35. The first kappa shape index (κ1) is 19.1.